The second kappa shape index (κ2) is 7.66. The molecule has 0 amide bonds. The molecular weight excluding hydrogens is 289 g/mol. The maximum atomic E-state index is 13.6. The lowest BCUT2D eigenvalue weighted by atomic mass is 10.0. The summed E-state index contributed by atoms with van der Waals surface area (Å²) >= 11 is 0. The molecular formula is C19H24FN3. The number of hydrogen-bond acceptors (Lipinski definition) is 3. The summed E-state index contributed by atoms with van der Waals surface area (Å²) in [6.45, 7) is 6.87. The number of pyridine rings is 1. The summed E-state index contributed by atoms with van der Waals surface area (Å²) in [5.41, 5.74) is 3.42. The lowest BCUT2D eigenvalue weighted by Crippen LogP contribution is -2.30. The highest BCUT2D eigenvalue weighted by atomic mass is 19.1. The van der Waals surface area contributed by atoms with E-state index in [0.29, 0.717) is 5.92 Å². The van der Waals surface area contributed by atoms with Crippen LogP contribution in [-0.4, -0.2) is 29.5 Å². The van der Waals surface area contributed by atoms with E-state index in [9.17, 15) is 4.39 Å². The molecule has 0 unspecified atom stereocenters. The predicted octanol–water partition coefficient (Wildman–Crippen LogP) is 3.14. The minimum atomic E-state index is -0.158. The van der Waals surface area contributed by atoms with Crippen LogP contribution in [0.3, 0.4) is 0 Å². The van der Waals surface area contributed by atoms with E-state index in [1.165, 1.54) is 18.1 Å². The van der Waals surface area contributed by atoms with Crippen LogP contribution in [0.15, 0.2) is 42.7 Å². The monoisotopic (exact) mass is 313 g/mol. The predicted molar refractivity (Wildman–Crippen MR) is 90.5 cm³/mol. The van der Waals surface area contributed by atoms with Crippen LogP contribution in [0.4, 0.5) is 4.39 Å². The minimum absolute atomic E-state index is 0.158. The van der Waals surface area contributed by atoms with Crippen molar-refractivity contribution in [1.82, 2.24) is 15.2 Å². The Balaban J connectivity index is 1.74. The van der Waals surface area contributed by atoms with Gasteiger partial charge >= 0.3 is 0 Å². The van der Waals surface area contributed by atoms with Crippen molar-refractivity contribution in [3.8, 4) is 0 Å². The summed E-state index contributed by atoms with van der Waals surface area (Å²) in [5.74, 6) is 0.509. The molecule has 122 valence electrons. The lowest BCUT2D eigenvalue weighted by molar-refractivity contribution is 0.220. The molecule has 0 radical (unpaired) electrons. The van der Waals surface area contributed by atoms with E-state index >= 15 is 0 Å². The third kappa shape index (κ3) is 4.60. The molecule has 2 heterocycles. The molecule has 3 rings (SSSR count). The molecule has 1 N–H and O–H groups in total. The van der Waals surface area contributed by atoms with E-state index in [2.05, 4.69) is 21.3 Å². The Hall–Kier alpha value is -1.78. The maximum Gasteiger partial charge on any atom is 0.123 e. The van der Waals surface area contributed by atoms with Crippen LogP contribution in [0.2, 0.25) is 0 Å². The van der Waals surface area contributed by atoms with Gasteiger partial charge in [-0.25, -0.2) is 4.39 Å². The fourth-order valence-electron chi connectivity index (χ4n) is 3.22. The first kappa shape index (κ1) is 16.1. The third-order valence-corrected chi connectivity index (χ3v) is 4.51. The van der Waals surface area contributed by atoms with E-state index in [-0.39, 0.29) is 5.82 Å². The van der Waals surface area contributed by atoms with Crippen LogP contribution in [0.5, 0.6) is 0 Å². The Morgan fingerprint density at radius 1 is 1.30 bits per heavy atom. The molecule has 1 saturated heterocycles. The zero-order chi connectivity index (χ0) is 16.1. The van der Waals surface area contributed by atoms with Gasteiger partial charge in [-0.1, -0.05) is 12.1 Å². The summed E-state index contributed by atoms with van der Waals surface area (Å²) in [7, 11) is 0. The molecule has 23 heavy (non-hydrogen) atoms. The molecule has 1 atom stereocenters. The third-order valence-electron chi connectivity index (χ3n) is 4.51. The van der Waals surface area contributed by atoms with Crippen LogP contribution in [0.25, 0.3) is 0 Å². The average molecular weight is 313 g/mol. The number of aryl methyl sites for hydroxylation is 1. The molecule has 0 bridgehead atoms. The molecule has 0 aliphatic carbocycles. The second-order valence-corrected chi connectivity index (χ2v) is 6.46. The zero-order valence-electron chi connectivity index (χ0n) is 13.6. The Kier molecular flexibility index (Phi) is 5.36. The summed E-state index contributed by atoms with van der Waals surface area (Å²) in [5, 5.41) is 3.43. The number of hydrogen-bond donors (Lipinski definition) is 1. The van der Waals surface area contributed by atoms with Gasteiger partial charge in [0.2, 0.25) is 0 Å². The van der Waals surface area contributed by atoms with E-state index in [0.717, 1.165) is 43.9 Å². The Bertz CT molecular complexity index is 624. The average Bonchev–Trinajstić information content (AvgIpc) is 3.05. The van der Waals surface area contributed by atoms with Crippen LogP contribution >= 0.6 is 0 Å². The molecule has 0 saturated carbocycles. The first-order valence-corrected chi connectivity index (χ1v) is 8.28. The van der Waals surface area contributed by atoms with Crippen LogP contribution in [0.1, 0.15) is 23.1 Å². The second-order valence-electron chi connectivity index (χ2n) is 6.46. The van der Waals surface area contributed by atoms with Gasteiger partial charge in [0, 0.05) is 32.0 Å². The highest BCUT2D eigenvalue weighted by Crippen LogP contribution is 2.18. The van der Waals surface area contributed by atoms with Crippen molar-refractivity contribution >= 4 is 0 Å². The fraction of sp³-hybridized carbons (Fsp3) is 0.421. The van der Waals surface area contributed by atoms with Crippen LogP contribution < -0.4 is 5.32 Å². The summed E-state index contributed by atoms with van der Waals surface area (Å²) in [4.78, 5) is 6.62. The zero-order valence-corrected chi connectivity index (χ0v) is 13.6. The summed E-state index contributed by atoms with van der Waals surface area (Å²) in [6, 6.07) is 9.14. The largest absolute Gasteiger partial charge is 0.316 e. The number of rotatable bonds is 6. The molecule has 1 aromatic carbocycles. The van der Waals surface area contributed by atoms with Gasteiger partial charge < -0.3 is 5.32 Å². The van der Waals surface area contributed by atoms with Gasteiger partial charge in [-0.15, -0.1) is 0 Å². The molecule has 1 fully saturated rings. The lowest BCUT2D eigenvalue weighted by Gasteiger charge is -2.26. The van der Waals surface area contributed by atoms with Gasteiger partial charge in [0.1, 0.15) is 5.82 Å². The van der Waals surface area contributed by atoms with Crippen LogP contribution in [-0.2, 0) is 13.1 Å². The standard InChI is InChI=1S/C19H24FN3/c1-15-4-5-19(20)9-18(15)14-23(13-17-6-8-22-11-17)12-16-3-2-7-21-10-16/h2-5,7,9-10,17,22H,6,8,11-14H2,1H3/t17-/m1/s1. The number of aromatic nitrogens is 1. The Morgan fingerprint density at radius 3 is 2.96 bits per heavy atom. The Labute approximate surface area is 137 Å². The van der Waals surface area contributed by atoms with Gasteiger partial charge in [0.25, 0.3) is 0 Å². The highest BCUT2D eigenvalue weighted by Gasteiger charge is 2.19. The van der Waals surface area contributed by atoms with E-state index in [1.807, 2.05) is 25.3 Å². The molecule has 3 nitrogen and oxygen atoms in total. The van der Waals surface area contributed by atoms with Crippen molar-refractivity contribution in [2.45, 2.75) is 26.4 Å². The maximum absolute atomic E-state index is 13.6. The van der Waals surface area contributed by atoms with Crippen molar-refractivity contribution in [3.63, 3.8) is 0 Å². The SMILES string of the molecule is Cc1ccc(F)cc1CN(Cc1cccnc1)C[C@@H]1CCNC1. The Morgan fingerprint density at radius 2 is 2.22 bits per heavy atom. The van der Waals surface area contributed by atoms with Gasteiger partial charge in [-0.3, -0.25) is 9.88 Å². The smallest absolute Gasteiger partial charge is 0.123 e. The van der Waals surface area contributed by atoms with Gasteiger partial charge in [0.15, 0.2) is 0 Å². The van der Waals surface area contributed by atoms with E-state index < -0.39 is 0 Å². The molecule has 0 spiro atoms. The fourth-order valence-corrected chi connectivity index (χ4v) is 3.22. The molecule has 2 aromatic rings. The summed E-state index contributed by atoms with van der Waals surface area (Å²) in [6.07, 6.45) is 4.93. The number of nitrogens with zero attached hydrogens (tertiary/aromatic N) is 2. The van der Waals surface area contributed by atoms with Gasteiger partial charge in [-0.05, 0) is 67.2 Å². The van der Waals surface area contributed by atoms with Gasteiger partial charge in [0.05, 0.1) is 0 Å². The number of nitrogens with one attached hydrogen (secondary N) is 1. The van der Waals surface area contributed by atoms with Gasteiger partial charge in [-0.2, -0.15) is 0 Å². The van der Waals surface area contributed by atoms with Crippen molar-refractivity contribution in [2.75, 3.05) is 19.6 Å². The van der Waals surface area contributed by atoms with Crippen molar-refractivity contribution in [2.24, 2.45) is 5.92 Å². The summed E-state index contributed by atoms with van der Waals surface area (Å²) < 4.78 is 13.6. The number of halogens is 1. The van der Waals surface area contributed by atoms with Crippen molar-refractivity contribution in [3.05, 3.63) is 65.2 Å². The van der Waals surface area contributed by atoms with Crippen LogP contribution in [0, 0.1) is 18.7 Å². The highest BCUT2D eigenvalue weighted by molar-refractivity contribution is 5.26. The molecule has 4 heteroatoms. The molecule has 1 aliphatic heterocycles. The topological polar surface area (TPSA) is 28.2 Å². The quantitative estimate of drug-likeness (QED) is 0.888. The van der Waals surface area contributed by atoms with E-state index in [4.69, 9.17) is 0 Å². The first-order chi connectivity index (χ1) is 11.2. The first-order valence-electron chi connectivity index (χ1n) is 8.28. The normalized spacial score (nSPS) is 17.8. The number of benzene rings is 1. The molecule has 1 aliphatic rings. The molecule has 1 aromatic heterocycles. The minimum Gasteiger partial charge on any atom is -0.316 e. The van der Waals surface area contributed by atoms with Crippen molar-refractivity contribution in [1.29, 1.82) is 0 Å². The van der Waals surface area contributed by atoms with Crippen molar-refractivity contribution < 1.29 is 4.39 Å². The van der Waals surface area contributed by atoms with E-state index in [1.54, 1.807) is 12.3 Å².